The summed E-state index contributed by atoms with van der Waals surface area (Å²) < 4.78 is 0. The average molecular weight is 431 g/mol. The number of carbonyl (C=O) groups is 1. The van der Waals surface area contributed by atoms with Crippen LogP contribution in [-0.2, 0) is 4.79 Å². The smallest absolute Gasteiger partial charge is 0.234 e. The molecule has 1 aliphatic rings. The Morgan fingerprint density at radius 1 is 1.19 bits per heavy atom. The van der Waals surface area contributed by atoms with Crippen molar-refractivity contribution in [2.24, 2.45) is 4.99 Å². The van der Waals surface area contributed by atoms with Gasteiger partial charge < -0.3 is 21.3 Å². The normalized spacial score (nSPS) is 17.3. The zero-order chi connectivity index (χ0) is 22.7. The van der Waals surface area contributed by atoms with Gasteiger partial charge in [0.15, 0.2) is 5.96 Å². The summed E-state index contributed by atoms with van der Waals surface area (Å²) in [6, 6.07) is 11.2. The molecule has 7 nitrogen and oxygen atoms in total. The molecular formula is C24H42N6O. The molecule has 1 unspecified atom stereocenters. The number of carbonyl (C=O) groups excluding carboxylic acids is 1. The predicted molar refractivity (Wildman–Crippen MR) is 129 cm³/mol. The van der Waals surface area contributed by atoms with Gasteiger partial charge in [-0.3, -0.25) is 14.7 Å². The summed E-state index contributed by atoms with van der Waals surface area (Å²) in [6.07, 6.45) is 2.99. The molecule has 7 heteroatoms. The molecule has 0 bridgehead atoms. The summed E-state index contributed by atoms with van der Waals surface area (Å²) in [6.45, 7) is 12.5. The van der Waals surface area contributed by atoms with E-state index >= 15 is 0 Å². The van der Waals surface area contributed by atoms with Gasteiger partial charge in [0.05, 0.1) is 6.54 Å². The van der Waals surface area contributed by atoms with Gasteiger partial charge in [-0.05, 0) is 45.6 Å². The van der Waals surface area contributed by atoms with Crippen molar-refractivity contribution in [1.29, 1.82) is 0 Å². The number of rotatable bonds is 10. The van der Waals surface area contributed by atoms with Crippen LogP contribution < -0.4 is 21.3 Å². The minimum absolute atomic E-state index is 0.0951. The highest BCUT2D eigenvalue weighted by molar-refractivity contribution is 5.80. The van der Waals surface area contributed by atoms with Crippen LogP contribution in [0.4, 0.5) is 0 Å². The third-order valence-electron chi connectivity index (χ3n) is 5.70. The lowest BCUT2D eigenvalue weighted by molar-refractivity contribution is -0.122. The molecule has 0 aliphatic carbocycles. The van der Waals surface area contributed by atoms with Crippen LogP contribution in [0.2, 0.25) is 0 Å². The van der Waals surface area contributed by atoms with Crippen molar-refractivity contribution in [2.75, 3.05) is 39.8 Å². The van der Waals surface area contributed by atoms with E-state index in [2.05, 4.69) is 83.1 Å². The molecule has 0 aromatic heterocycles. The minimum atomic E-state index is -0.0951. The first-order chi connectivity index (χ1) is 14.8. The highest BCUT2D eigenvalue weighted by Crippen LogP contribution is 2.16. The number of piperidine rings is 1. The Hall–Kier alpha value is -2.12. The van der Waals surface area contributed by atoms with Crippen LogP contribution in [0.1, 0.15) is 58.6 Å². The van der Waals surface area contributed by atoms with E-state index in [9.17, 15) is 4.79 Å². The standard InChI is InChI=1S/C24H42N6O/c1-6-14-26-22(31)17-30-15-12-21(13-16-30)28-23(25-5)27-18-24(3,4)29-19(2)20-10-8-7-9-11-20/h7-11,19,21,29H,6,12-18H2,1-5H3,(H,26,31)(H2,25,27,28). The second-order valence-corrected chi connectivity index (χ2v) is 9.13. The Kier molecular flexibility index (Phi) is 10.3. The topological polar surface area (TPSA) is 80.8 Å². The van der Waals surface area contributed by atoms with Gasteiger partial charge in [-0.2, -0.15) is 0 Å². The van der Waals surface area contributed by atoms with Crippen molar-refractivity contribution in [3.8, 4) is 0 Å². The van der Waals surface area contributed by atoms with E-state index in [1.54, 1.807) is 0 Å². The van der Waals surface area contributed by atoms with E-state index in [-0.39, 0.29) is 17.5 Å². The lowest BCUT2D eigenvalue weighted by Crippen LogP contribution is -2.54. The molecule has 0 spiro atoms. The predicted octanol–water partition coefficient (Wildman–Crippen LogP) is 2.27. The van der Waals surface area contributed by atoms with E-state index in [1.165, 1.54) is 5.56 Å². The SMILES string of the molecule is CCCNC(=O)CN1CCC(NC(=NC)NCC(C)(C)NC(C)c2ccccc2)CC1. The number of nitrogens with one attached hydrogen (secondary N) is 4. The Balaban J connectivity index is 1.73. The van der Waals surface area contributed by atoms with E-state index in [1.807, 2.05) is 13.1 Å². The second-order valence-electron chi connectivity index (χ2n) is 9.13. The number of aliphatic imine (C=N–C) groups is 1. The van der Waals surface area contributed by atoms with Crippen LogP contribution >= 0.6 is 0 Å². The molecule has 31 heavy (non-hydrogen) atoms. The molecule has 4 N–H and O–H groups in total. The van der Waals surface area contributed by atoms with Crippen molar-refractivity contribution >= 4 is 11.9 Å². The van der Waals surface area contributed by atoms with Crippen LogP contribution in [0.15, 0.2) is 35.3 Å². The van der Waals surface area contributed by atoms with Crippen LogP contribution in [0.3, 0.4) is 0 Å². The van der Waals surface area contributed by atoms with Gasteiger partial charge >= 0.3 is 0 Å². The molecule has 1 aliphatic heterocycles. The summed E-state index contributed by atoms with van der Waals surface area (Å²) in [5, 5.41) is 13.7. The Morgan fingerprint density at radius 3 is 2.48 bits per heavy atom. The van der Waals surface area contributed by atoms with Crippen LogP contribution in [0.5, 0.6) is 0 Å². The Labute approximate surface area is 188 Å². The number of benzene rings is 1. The molecule has 1 heterocycles. The van der Waals surface area contributed by atoms with E-state index in [4.69, 9.17) is 0 Å². The molecular weight excluding hydrogens is 388 g/mol. The zero-order valence-electron chi connectivity index (χ0n) is 20.0. The summed E-state index contributed by atoms with van der Waals surface area (Å²) >= 11 is 0. The molecule has 1 saturated heterocycles. The Bertz CT molecular complexity index is 683. The van der Waals surface area contributed by atoms with Gasteiger partial charge in [-0.25, -0.2) is 0 Å². The molecule has 0 saturated carbocycles. The molecule has 1 aromatic carbocycles. The van der Waals surface area contributed by atoms with Gasteiger partial charge in [-0.15, -0.1) is 0 Å². The third kappa shape index (κ3) is 9.27. The molecule has 2 rings (SSSR count). The van der Waals surface area contributed by atoms with E-state index in [0.717, 1.165) is 51.4 Å². The van der Waals surface area contributed by atoms with E-state index in [0.29, 0.717) is 12.6 Å². The molecule has 0 radical (unpaired) electrons. The highest BCUT2D eigenvalue weighted by atomic mass is 16.2. The number of hydrogen-bond acceptors (Lipinski definition) is 4. The first-order valence-corrected chi connectivity index (χ1v) is 11.6. The first-order valence-electron chi connectivity index (χ1n) is 11.6. The average Bonchev–Trinajstić information content (AvgIpc) is 2.76. The number of amides is 1. The number of nitrogens with zero attached hydrogens (tertiary/aromatic N) is 2. The van der Waals surface area contributed by atoms with Gasteiger partial charge in [-0.1, -0.05) is 37.3 Å². The number of guanidine groups is 1. The molecule has 1 aromatic rings. The van der Waals surface area contributed by atoms with Crippen molar-refractivity contribution in [2.45, 2.75) is 64.6 Å². The lowest BCUT2D eigenvalue weighted by Gasteiger charge is -2.34. The summed E-state index contributed by atoms with van der Waals surface area (Å²) in [7, 11) is 1.82. The van der Waals surface area contributed by atoms with Crippen molar-refractivity contribution in [3.05, 3.63) is 35.9 Å². The van der Waals surface area contributed by atoms with Crippen molar-refractivity contribution < 1.29 is 4.79 Å². The molecule has 1 fully saturated rings. The van der Waals surface area contributed by atoms with Gasteiger partial charge in [0.2, 0.25) is 5.91 Å². The van der Waals surface area contributed by atoms with Crippen molar-refractivity contribution in [1.82, 2.24) is 26.2 Å². The van der Waals surface area contributed by atoms with Gasteiger partial charge in [0.1, 0.15) is 0 Å². The maximum absolute atomic E-state index is 11.9. The maximum atomic E-state index is 11.9. The zero-order valence-corrected chi connectivity index (χ0v) is 20.0. The van der Waals surface area contributed by atoms with Crippen LogP contribution in [0, 0.1) is 0 Å². The summed E-state index contributed by atoms with van der Waals surface area (Å²) in [5.74, 6) is 0.964. The summed E-state index contributed by atoms with van der Waals surface area (Å²) in [5.41, 5.74) is 1.19. The van der Waals surface area contributed by atoms with Crippen molar-refractivity contribution in [3.63, 3.8) is 0 Å². The minimum Gasteiger partial charge on any atom is -0.355 e. The highest BCUT2D eigenvalue weighted by Gasteiger charge is 2.24. The Morgan fingerprint density at radius 2 is 1.87 bits per heavy atom. The molecule has 1 amide bonds. The summed E-state index contributed by atoms with van der Waals surface area (Å²) in [4.78, 5) is 18.6. The fourth-order valence-electron chi connectivity index (χ4n) is 3.91. The van der Waals surface area contributed by atoms with Crippen LogP contribution in [-0.4, -0.2) is 68.1 Å². The maximum Gasteiger partial charge on any atom is 0.234 e. The van der Waals surface area contributed by atoms with Crippen LogP contribution in [0.25, 0.3) is 0 Å². The van der Waals surface area contributed by atoms with Gasteiger partial charge in [0, 0.05) is 50.8 Å². The number of hydrogen-bond donors (Lipinski definition) is 4. The first kappa shape index (κ1) is 25.1. The third-order valence-corrected chi connectivity index (χ3v) is 5.70. The molecule has 174 valence electrons. The second kappa shape index (κ2) is 12.7. The molecule has 1 atom stereocenters. The number of likely N-dealkylation sites (tertiary alicyclic amines) is 1. The lowest BCUT2D eigenvalue weighted by atomic mass is 10.0. The van der Waals surface area contributed by atoms with Gasteiger partial charge in [0.25, 0.3) is 0 Å². The fraction of sp³-hybridized carbons (Fsp3) is 0.667. The quantitative estimate of drug-likeness (QED) is 0.338. The monoisotopic (exact) mass is 430 g/mol. The largest absolute Gasteiger partial charge is 0.355 e. The van der Waals surface area contributed by atoms with E-state index < -0.39 is 0 Å². The fourth-order valence-corrected chi connectivity index (χ4v) is 3.91.